The van der Waals surface area contributed by atoms with Gasteiger partial charge in [0.2, 0.25) is 5.13 Å². The number of fused-ring (bicyclic) bond motifs is 2. The third-order valence-electron chi connectivity index (χ3n) is 4.72. The minimum atomic E-state index is -0.435. The van der Waals surface area contributed by atoms with Crippen molar-refractivity contribution in [2.24, 2.45) is 5.10 Å². The van der Waals surface area contributed by atoms with Crippen LogP contribution in [0, 0.1) is 0 Å². The number of aromatic hydroxyl groups is 1. The van der Waals surface area contributed by atoms with E-state index < -0.39 is 5.63 Å². The number of hydrogen-bond acceptors (Lipinski definition) is 7. The molecule has 6 nitrogen and oxygen atoms in total. The molecule has 0 aliphatic heterocycles. The summed E-state index contributed by atoms with van der Waals surface area (Å²) in [5, 5.41) is 19.4. The van der Waals surface area contributed by atoms with Crippen LogP contribution in [0.1, 0.15) is 5.56 Å². The van der Waals surface area contributed by atoms with E-state index in [1.165, 1.54) is 11.3 Å². The number of para-hydroxylation sites is 1. The van der Waals surface area contributed by atoms with Crippen molar-refractivity contribution >= 4 is 44.4 Å². The quantitative estimate of drug-likeness (QED) is 0.240. The second-order valence-corrected chi connectivity index (χ2v) is 7.47. The van der Waals surface area contributed by atoms with Crippen molar-refractivity contribution in [3.05, 3.63) is 88.1 Å². The Hall–Kier alpha value is -3.97. The first-order valence-electron chi connectivity index (χ1n) is 9.17. The maximum atomic E-state index is 12.3. The van der Waals surface area contributed by atoms with Gasteiger partial charge in [-0.25, -0.2) is 9.78 Å². The van der Waals surface area contributed by atoms with Crippen LogP contribution in [0.15, 0.2) is 86.4 Å². The van der Waals surface area contributed by atoms with Gasteiger partial charge in [0.05, 0.1) is 17.5 Å². The lowest BCUT2D eigenvalue weighted by molar-refractivity contribution is 0.475. The highest BCUT2D eigenvalue weighted by Crippen LogP contribution is 2.27. The van der Waals surface area contributed by atoms with E-state index in [2.05, 4.69) is 15.5 Å². The number of anilines is 1. The molecule has 5 rings (SSSR count). The Morgan fingerprint density at radius 3 is 2.73 bits per heavy atom. The van der Waals surface area contributed by atoms with Crippen LogP contribution in [-0.4, -0.2) is 16.3 Å². The highest BCUT2D eigenvalue weighted by Gasteiger charge is 2.11. The maximum Gasteiger partial charge on any atom is 0.345 e. The number of phenols is 1. The molecule has 0 fully saturated rings. The van der Waals surface area contributed by atoms with E-state index in [1.807, 2.05) is 48.5 Å². The summed E-state index contributed by atoms with van der Waals surface area (Å²) in [5.74, 6) is 0.146. The minimum Gasteiger partial charge on any atom is -0.507 e. The highest BCUT2D eigenvalue weighted by atomic mass is 32.1. The van der Waals surface area contributed by atoms with Crippen molar-refractivity contribution in [2.75, 3.05) is 5.43 Å². The summed E-state index contributed by atoms with van der Waals surface area (Å²) in [6.45, 7) is 0. The number of benzene rings is 3. The van der Waals surface area contributed by atoms with Gasteiger partial charge in [-0.2, -0.15) is 5.10 Å². The lowest BCUT2D eigenvalue weighted by atomic mass is 10.0. The number of thiazole rings is 1. The van der Waals surface area contributed by atoms with Crippen LogP contribution in [0.3, 0.4) is 0 Å². The summed E-state index contributed by atoms with van der Waals surface area (Å²) in [5.41, 5.74) is 4.50. The molecule has 7 heteroatoms. The van der Waals surface area contributed by atoms with Gasteiger partial charge < -0.3 is 9.52 Å². The molecule has 146 valence electrons. The summed E-state index contributed by atoms with van der Waals surface area (Å²) >= 11 is 1.32. The van der Waals surface area contributed by atoms with Crippen LogP contribution in [-0.2, 0) is 0 Å². The van der Waals surface area contributed by atoms with E-state index >= 15 is 0 Å². The molecule has 2 heterocycles. The molecule has 0 amide bonds. The fourth-order valence-electron chi connectivity index (χ4n) is 3.26. The molecular formula is C23H15N3O3S. The summed E-state index contributed by atoms with van der Waals surface area (Å²) in [7, 11) is 0. The highest BCUT2D eigenvalue weighted by molar-refractivity contribution is 7.14. The predicted octanol–water partition coefficient (Wildman–Crippen LogP) is 5.22. The van der Waals surface area contributed by atoms with Gasteiger partial charge in [-0.05, 0) is 29.0 Å². The Labute approximate surface area is 174 Å². The Bertz CT molecular complexity index is 1470. The van der Waals surface area contributed by atoms with Crippen LogP contribution in [0.5, 0.6) is 5.75 Å². The molecular weight excluding hydrogens is 398 g/mol. The van der Waals surface area contributed by atoms with Crippen LogP contribution < -0.4 is 11.1 Å². The summed E-state index contributed by atoms with van der Waals surface area (Å²) in [6.07, 6.45) is 1.56. The molecule has 0 unspecified atom stereocenters. The summed E-state index contributed by atoms with van der Waals surface area (Å²) in [6, 6.07) is 20.4. The lowest BCUT2D eigenvalue weighted by Crippen LogP contribution is -2.02. The number of nitrogens with zero attached hydrogens (tertiary/aromatic N) is 2. The van der Waals surface area contributed by atoms with Gasteiger partial charge in [-0.1, -0.05) is 48.5 Å². The van der Waals surface area contributed by atoms with Gasteiger partial charge in [-0.3, -0.25) is 5.43 Å². The number of aromatic nitrogens is 1. The van der Waals surface area contributed by atoms with E-state index in [4.69, 9.17) is 4.42 Å². The number of nitrogens with one attached hydrogen (secondary N) is 1. The zero-order valence-electron chi connectivity index (χ0n) is 15.6. The second kappa shape index (κ2) is 7.46. The minimum absolute atomic E-state index is 0.146. The second-order valence-electron chi connectivity index (χ2n) is 6.61. The van der Waals surface area contributed by atoms with E-state index in [9.17, 15) is 9.90 Å². The third kappa shape index (κ3) is 3.31. The molecule has 30 heavy (non-hydrogen) atoms. The van der Waals surface area contributed by atoms with Crippen molar-refractivity contribution < 1.29 is 9.52 Å². The van der Waals surface area contributed by atoms with Crippen LogP contribution in [0.2, 0.25) is 0 Å². The fourth-order valence-corrected chi connectivity index (χ4v) is 3.92. The predicted molar refractivity (Wildman–Crippen MR) is 120 cm³/mol. The number of hydrazone groups is 1. The number of rotatable bonds is 4. The van der Waals surface area contributed by atoms with Crippen molar-refractivity contribution in [1.82, 2.24) is 4.98 Å². The average Bonchev–Trinajstić information content (AvgIpc) is 3.23. The fraction of sp³-hybridized carbons (Fsp3) is 0. The SMILES string of the molecule is O=c1oc2ccccc2cc1-c1csc(N/N=C/c2c(O)ccc3ccccc23)n1. The van der Waals surface area contributed by atoms with Crippen molar-refractivity contribution in [3.8, 4) is 17.0 Å². The lowest BCUT2D eigenvalue weighted by Gasteiger charge is -2.04. The molecule has 2 N–H and O–H groups in total. The van der Waals surface area contributed by atoms with E-state index in [0.717, 1.165) is 16.2 Å². The summed E-state index contributed by atoms with van der Waals surface area (Å²) in [4.78, 5) is 16.8. The van der Waals surface area contributed by atoms with Crippen LogP contribution in [0.25, 0.3) is 33.0 Å². The molecule has 0 bridgehead atoms. The standard InChI is InChI=1S/C23H15N3O3S/c27-20-10-9-14-5-1-3-7-16(14)18(20)12-24-26-23-25-19(13-30-23)17-11-15-6-2-4-8-21(15)29-22(17)28/h1-13,27H,(H,25,26)/b24-12+. The van der Waals surface area contributed by atoms with Gasteiger partial charge in [0.25, 0.3) is 0 Å². The van der Waals surface area contributed by atoms with E-state index in [1.54, 1.807) is 29.8 Å². The molecule has 0 radical (unpaired) electrons. The van der Waals surface area contributed by atoms with Gasteiger partial charge in [0.15, 0.2) is 0 Å². The third-order valence-corrected chi connectivity index (χ3v) is 5.47. The Balaban J connectivity index is 1.42. The van der Waals surface area contributed by atoms with E-state index in [0.29, 0.717) is 27.5 Å². The van der Waals surface area contributed by atoms with Crippen LogP contribution in [0.4, 0.5) is 5.13 Å². The van der Waals surface area contributed by atoms with Crippen molar-refractivity contribution in [3.63, 3.8) is 0 Å². The van der Waals surface area contributed by atoms with Gasteiger partial charge >= 0.3 is 5.63 Å². The molecule has 2 aromatic heterocycles. The zero-order valence-corrected chi connectivity index (χ0v) is 16.4. The molecule has 0 saturated heterocycles. The van der Waals surface area contributed by atoms with Crippen LogP contribution >= 0.6 is 11.3 Å². The van der Waals surface area contributed by atoms with E-state index in [-0.39, 0.29) is 5.75 Å². The number of phenolic OH excluding ortho intramolecular Hbond substituents is 1. The molecule has 5 aromatic rings. The first-order chi connectivity index (χ1) is 14.7. The molecule has 0 aliphatic carbocycles. The molecule has 0 atom stereocenters. The molecule has 3 aromatic carbocycles. The zero-order chi connectivity index (χ0) is 20.5. The smallest absolute Gasteiger partial charge is 0.345 e. The van der Waals surface area contributed by atoms with Gasteiger partial charge in [0.1, 0.15) is 11.3 Å². The first-order valence-corrected chi connectivity index (χ1v) is 10.1. The largest absolute Gasteiger partial charge is 0.507 e. The molecule has 0 aliphatic rings. The monoisotopic (exact) mass is 413 g/mol. The van der Waals surface area contributed by atoms with Gasteiger partial charge in [-0.15, -0.1) is 11.3 Å². The van der Waals surface area contributed by atoms with Gasteiger partial charge in [0, 0.05) is 16.3 Å². The normalized spacial score (nSPS) is 11.5. The Kier molecular flexibility index (Phi) is 4.49. The molecule has 0 spiro atoms. The Morgan fingerprint density at radius 2 is 1.83 bits per heavy atom. The molecule has 0 saturated carbocycles. The average molecular weight is 413 g/mol. The first kappa shape index (κ1) is 18.1. The Morgan fingerprint density at radius 1 is 1.03 bits per heavy atom. The summed E-state index contributed by atoms with van der Waals surface area (Å²) < 4.78 is 5.38. The maximum absolute atomic E-state index is 12.3. The van der Waals surface area contributed by atoms with Crippen molar-refractivity contribution in [1.29, 1.82) is 0 Å². The number of hydrogen-bond donors (Lipinski definition) is 2. The topological polar surface area (TPSA) is 87.7 Å². The van der Waals surface area contributed by atoms with Crippen molar-refractivity contribution in [2.45, 2.75) is 0 Å².